The average molecular weight is 329 g/mol. The Balaban J connectivity index is 2.13. The molecule has 0 spiro atoms. The quantitative estimate of drug-likeness (QED) is 0.794. The topological polar surface area (TPSA) is 12.0 Å². The highest BCUT2D eigenvalue weighted by molar-refractivity contribution is 9.10. The first-order valence-corrected chi connectivity index (χ1v) is 6.70. The zero-order valence-electron chi connectivity index (χ0n) is 9.75. The van der Waals surface area contributed by atoms with E-state index in [1.165, 1.54) is 6.07 Å². The van der Waals surface area contributed by atoms with Crippen LogP contribution in [0.4, 0.5) is 10.1 Å². The minimum atomic E-state index is -0.392. The Bertz CT molecular complexity index is 542. The van der Waals surface area contributed by atoms with Crippen LogP contribution < -0.4 is 5.32 Å². The van der Waals surface area contributed by atoms with Gasteiger partial charge < -0.3 is 5.32 Å². The van der Waals surface area contributed by atoms with E-state index in [4.69, 9.17) is 11.6 Å². The van der Waals surface area contributed by atoms with Crippen molar-refractivity contribution < 1.29 is 4.39 Å². The third-order valence-corrected chi connectivity index (χ3v) is 3.49. The maximum absolute atomic E-state index is 13.1. The van der Waals surface area contributed by atoms with Crippen LogP contribution in [0, 0.1) is 5.82 Å². The molecule has 0 aliphatic rings. The fourth-order valence-corrected chi connectivity index (χ4v) is 2.11. The summed E-state index contributed by atoms with van der Waals surface area (Å²) >= 11 is 9.16. The Kier molecular flexibility index (Phi) is 4.25. The van der Waals surface area contributed by atoms with Gasteiger partial charge >= 0.3 is 0 Å². The first kappa shape index (κ1) is 13.4. The highest BCUT2D eigenvalue weighted by Gasteiger charge is 2.08. The van der Waals surface area contributed by atoms with Crippen molar-refractivity contribution in [2.45, 2.75) is 13.0 Å². The third kappa shape index (κ3) is 3.24. The van der Waals surface area contributed by atoms with E-state index in [2.05, 4.69) is 21.2 Å². The molecule has 0 amide bonds. The van der Waals surface area contributed by atoms with Crippen LogP contribution in [0.1, 0.15) is 18.5 Å². The van der Waals surface area contributed by atoms with Crippen LogP contribution in [0.25, 0.3) is 0 Å². The van der Waals surface area contributed by atoms with Gasteiger partial charge in [-0.25, -0.2) is 4.39 Å². The molecular weight excluding hydrogens is 317 g/mol. The molecule has 1 N–H and O–H groups in total. The highest BCUT2D eigenvalue weighted by Crippen LogP contribution is 2.24. The van der Waals surface area contributed by atoms with Gasteiger partial charge in [0, 0.05) is 16.2 Å². The van der Waals surface area contributed by atoms with Crippen molar-refractivity contribution in [3.63, 3.8) is 0 Å². The molecule has 18 heavy (non-hydrogen) atoms. The molecule has 2 aromatic carbocycles. The van der Waals surface area contributed by atoms with Crippen molar-refractivity contribution in [2.24, 2.45) is 0 Å². The Morgan fingerprint density at radius 3 is 2.44 bits per heavy atom. The van der Waals surface area contributed by atoms with Crippen molar-refractivity contribution in [2.75, 3.05) is 5.32 Å². The molecule has 0 radical (unpaired) electrons. The van der Waals surface area contributed by atoms with Crippen molar-refractivity contribution in [1.29, 1.82) is 0 Å². The predicted octanol–water partition coefficient (Wildman–Crippen LogP) is 5.41. The van der Waals surface area contributed by atoms with Gasteiger partial charge in [-0.15, -0.1) is 0 Å². The van der Waals surface area contributed by atoms with E-state index in [1.54, 1.807) is 12.1 Å². The van der Waals surface area contributed by atoms with Gasteiger partial charge in [-0.1, -0.05) is 33.6 Å². The molecule has 1 atom stereocenters. The van der Waals surface area contributed by atoms with Gasteiger partial charge in [-0.3, -0.25) is 0 Å². The molecular formula is C14H12BrClFN. The van der Waals surface area contributed by atoms with E-state index < -0.39 is 5.82 Å². The fourth-order valence-electron chi connectivity index (χ4n) is 1.66. The van der Waals surface area contributed by atoms with Gasteiger partial charge in [0.15, 0.2) is 0 Å². The molecule has 0 fully saturated rings. The summed E-state index contributed by atoms with van der Waals surface area (Å²) in [7, 11) is 0. The summed E-state index contributed by atoms with van der Waals surface area (Å²) in [5.41, 5.74) is 1.95. The van der Waals surface area contributed by atoms with Gasteiger partial charge in [0.2, 0.25) is 0 Å². The van der Waals surface area contributed by atoms with Crippen LogP contribution in [-0.2, 0) is 0 Å². The molecule has 1 nitrogen and oxygen atoms in total. The number of halogens is 3. The second-order valence-corrected chi connectivity index (χ2v) is 5.37. The second-order valence-electron chi connectivity index (χ2n) is 4.05. The maximum atomic E-state index is 13.1. The van der Waals surface area contributed by atoms with E-state index in [9.17, 15) is 4.39 Å². The lowest BCUT2D eigenvalue weighted by molar-refractivity contribution is 0.627. The number of hydrogen-bond donors (Lipinski definition) is 1. The van der Waals surface area contributed by atoms with Crippen LogP contribution >= 0.6 is 27.5 Å². The smallest absolute Gasteiger partial charge is 0.141 e. The van der Waals surface area contributed by atoms with Crippen LogP contribution in [0.3, 0.4) is 0 Å². The molecule has 0 aliphatic carbocycles. The lowest BCUT2D eigenvalue weighted by atomic mass is 10.1. The molecule has 94 valence electrons. The summed E-state index contributed by atoms with van der Waals surface area (Å²) in [5.74, 6) is -0.392. The maximum Gasteiger partial charge on any atom is 0.141 e. The average Bonchev–Trinajstić information content (AvgIpc) is 2.35. The van der Waals surface area contributed by atoms with Crippen LogP contribution in [-0.4, -0.2) is 0 Å². The Morgan fingerprint density at radius 2 is 1.83 bits per heavy atom. The zero-order chi connectivity index (χ0) is 13.1. The summed E-state index contributed by atoms with van der Waals surface area (Å²) in [6, 6.07) is 12.7. The summed E-state index contributed by atoms with van der Waals surface area (Å²) in [4.78, 5) is 0. The van der Waals surface area contributed by atoms with E-state index in [0.29, 0.717) is 0 Å². The molecule has 2 aromatic rings. The van der Waals surface area contributed by atoms with Gasteiger partial charge in [-0.2, -0.15) is 0 Å². The van der Waals surface area contributed by atoms with Gasteiger partial charge in [0.1, 0.15) is 5.82 Å². The van der Waals surface area contributed by atoms with Gasteiger partial charge in [-0.05, 0) is 48.9 Å². The Hall–Kier alpha value is -1.06. The summed E-state index contributed by atoms with van der Waals surface area (Å²) < 4.78 is 14.1. The first-order chi connectivity index (χ1) is 8.56. The first-order valence-electron chi connectivity index (χ1n) is 5.53. The summed E-state index contributed by atoms with van der Waals surface area (Å²) in [6.07, 6.45) is 0. The summed E-state index contributed by atoms with van der Waals surface area (Å²) in [6.45, 7) is 2.01. The monoisotopic (exact) mass is 327 g/mol. The number of benzene rings is 2. The molecule has 0 heterocycles. The molecule has 0 aromatic heterocycles. The van der Waals surface area contributed by atoms with E-state index in [0.717, 1.165) is 15.7 Å². The molecule has 1 unspecified atom stereocenters. The van der Waals surface area contributed by atoms with Crippen LogP contribution in [0.15, 0.2) is 46.9 Å². The minimum Gasteiger partial charge on any atom is -0.379 e. The minimum absolute atomic E-state index is 0.0595. The van der Waals surface area contributed by atoms with Crippen molar-refractivity contribution >= 4 is 33.2 Å². The van der Waals surface area contributed by atoms with E-state index in [1.807, 2.05) is 31.2 Å². The molecule has 0 saturated carbocycles. The van der Waals surface area contributed by atoms with E-state index in [-0.39, 0.29) is 11.1 Å². The number of anilines is 1. The second kappa shape index (κ2) is 5.72. The molecule has 0 bridgehead atoms. The lowest BCUT2D eigenvalue weighted by Crippen LogP contribution is -2.06. The van der Waals surface area contributed by atoms with Crippen molar-refractivity contribution in [1.82, 2.24) is 0 Å². The highest BCUT2D eigenvalue weighted by atomic mass is 79.9. The molecule has 4 heteroatoms. The van der Waals surface area contributed by atoms with Gasteiger partial charge in [0.05, 0.1) is 5.02 Å². The van der Waals surface area contributed by atoms with E-state index >= 15 is 0 Å². The number of rotatable bonds is 3. The molecule has 0 aliphatic heterocycles. The Morgan fingerprint density at radius 1 is 1.17 bits per heavy atom. The zero-order valence-corrected chi connectivity index (χ0v) is 12.1. The largest absolute Gasteiger partial charge is 0.379 e. The lowest BCUT2D eigenvalue weighted by Gasteiger charge is -2.16. The SMILES string of the molecule is CC(Nc1ccc(Br)cc1)c1ccc(F)c(Cl)c1. The normalized spacial score (nSPS) is 12.2. The van der Waals surface area contributed by atoms with Crippen molar-refractivity contribution in [3.05, 3.63) is 63.3 Å². The fraction of sp³-hybridized carbons (Fsp3) is 0.143. The van der Waals surface area contributed by atoms with Crippen molar-refractivity contribution in [3.8, 4) is 0 Å². The number of hydrogen-bond acceptors (Lipinski definition) is 1. The Labute approximate surface area is 119 Å². The van der Waals surface area contributed by atoms with Crippen LogP contribution in [0.2, 0.25) is 5.02 Å². The molecule has 0 saturated heterocycles. The summed E-state index contributed by atoms with van der Waals surface area (Å²) in [5, 5.41) is 3.48. The van der Waals surface area contributed by atoms with Crippen LogP contribution in [0.5, 0.6) is 0 Å². The van der Waals surface area contributed by atoms with Gasteiger partial charge in [0.25, 0.3) is 0 Å². The predicted molar refractivity (Wildman–Crippen MR) is 77.6 cm³/mol. The molecule has 2 rings (SSSR count). The third-order valence-electron chi connectivity index (χ3n) is 2.67. The number of nitrogens with one attached hydrogen (secondary N) is 1. The standard InChI is InChI=1S/C14H12BrClFN/c1-9(10-2-7-14(17)13(16)8-10)18-12-5-3-11(15)4-6-12/h2-9,18H,1H3.